The van der Waals surface area contributed by atoms with Gasteiger partial charge in [-0.15, -0.1) is 0 Å². The van der Waals surface area contributed by atoms with Gasteiger partial charge in [-0.3, -0.25) is 4.79 Å². The predicted molar refractivity (Wildman–Crippen MR) is 64.8 cm³/mol. The third-order valence-electron chi connectivity index (χ3n) is 3.02. The highest BCUT2D eigenvalue weighted by Crippen LogP contribution is 2.24. The molecule has 0 aromatic heterocycles. The predicted octanol–water partition coefficient (Wildman–Crippen LogP) is 1.73. The number of carbonyl (C=O) groups is 1. The minimum atomic E-state index is -0.0928. The summed E-state index contributed by atoms with van der Waals surface area (Å²) in [5, 5.41) is 3.28. The van der Waals surface area contributed by atoms with Crippen molar-refractivity contribution in [2.45, 2.75) is 40.7 Å². The number of nitrogens with one attached hydrogen (secondary N) is 1. The fourth-order valence-corrected chi connectivity index (χ4v) is 1.13. The van der Waals surface area contributed by atoms with E-state index in [9.17, 15) is 4.79 Å². The van der Waals surface area contributed by atoms with Gasteiger partial charge < -0.3 is 10.2 Å². The monoisotopic (exact) mass is 214 g/mol. The van der Waals surface area contributed by atoms with Crippen molar-refractivity contribution in [2.24, 2.45) is 11.3 Å². The van der Waals surface area contributed by atoms with Crippen LogP contribution in [0.1, 0.15) is 34.6 Å². The molecule has 0 aliphatic carbocycles. The molecule has 90 valence electrons. The molecule has 1 N–H and O–H groups in total. The molecule has 3 heteroatoms. The van der Waals surface area contributed by atoms with Crippen LogP contribution < -0.4 is 5.32 Å². The molecule has 2 atom stereocenters. The van der Waals surface area contributed by atoms with Gasteiger partial charge in [-0.25, -0.2) is 0 Å². The topological polar surface area (TPSA) is 32.3 Å². The third-order valence-corrected chi connectivity index (χ3v) is 3.02. The first-order chi connectivity index (χ1) is 6.66. The van der Waals surface area contributed by atoms with E-state index in [-0.39, 0.29) is 17.4 Å². The average Bonchev–Trinajstić information content (AvgIpc) is 2.10. The van der Waals surface area contributed by atoms with Crippen LogP contribution in [0.15, 0.2) is 0 Å². The first kappa shape index (κ1) is 14.4. The van der Waals surface area contributed by atoms with Crippen molar-refractivity contribution < 1.29 is 4.79 Å². The van der Waals surface area contributed by atoms with Crippen LogP contribution in [0, 0.1) is 11.3 Å². The van der Waals surface area contributed by atoms with E-state index in [2.05, 4.69) is 33.0 Å². The molecule has 2 unspecified atom stereocenters. The number of likely N-dealkylation sites (N-methyl/N-ethyl adjacent to an activating group) is 1. The summed E-state index contributed by atoms with van der Waals surface area (Å²) in [6, 6.07) is -0.0928. The van der Waals surface area contributed by atoms with E-state index in [0.29, 0.717) is 5.92 Å². The first-order valence-corrected chi connectivity index (χ1v) is 5.60. The maximum absolute atomic E-state index is 11.6. The Bertz CT molecular complexity index is 206. The van der Waals surface area contributed by atoms with Crippen molar-refractivity contribution >= 4 is 5.91 Å². The molecule has 0 bridgehead atoms. The lowest BCUT2D eigenvalue weighted by molar-refractivity contribution is -0.130. The SMILES string of the molecule is CC(NCC(C)C(C)(C)C)C(=O)N(C)C. The van der Waals surface area contributed by atoms with Crippen molar-refractivity contribution in [3.63, 3.8) is 0 Å². The van der Waals surface area contributed by atoms with Crippen LogP contribution >= 0.6 is 0 Å². The van der Waals surface area contributed by atoms with E-state index < -0.39 is 0 Å². The average molecular weight is 214 g/mol. The highest BCUT2D eigenvalue weighted by atomic mass is 16.2. The van der Waals surface area contributed by atoms with Crippen LogP contribution in [-0.2, 0) is 4.79 Å². The molecule has 0 aromatic carbocycles. The fourth-order valence-electron chi connectivity index (χ4n) is 1.13. The Labute approximate surface area is 94.2 Å². The number of rotatable bonds is 4. The zero-order valence-corrected chi connectivity index (χ0v) is 11.2. The molecule has 0 saturated carbocycles. The number of carbonyl (C=O) groups excluding carboxylic acids is 1. The lowest BCUT2D eigenvalue weighted by atomic mass is 9.82. The number of hydrogen-bond acceptors (Lipinski definition) is 2. The second-order valence-electron chi connectivity index (χ2n) is 5.63. The molecule has 0 heterocycles. The van der Waals surface area contributed by atoms with E-state index >= 15 is 0 Å². The molecule has 0 spiro atoms. The van der Waals surface area contributed by atoms with Crippen molar-refractivity contribution in [2.75, 3.05) is 20.6 Å². The normalized spacial score (nSPS) is 15.9. The lowest BCUT2D eigenvalue weighted by Gasteiger charge is -2.29. The molecule has 0 aliphatic rings. The van der Waals surface area contributed by atoms with Crippen molar-refractivity contribution in [1.29, 1.82) is 0 Å². The second kappa shape index (κ2) is 5.50. The molecule has 0 rings (SSSR count). The van der Waals surface area contributed by atoms with E-state index in [1.165, 1.54) is 0 Å². The van der Waals surface area contributed by atoms with Gasteiger partial charge in [-0.1, -0.05) is 27.7 Å². The summed E-state index contributed by atoms with van der Waals surface area (Å²) < 4.78 is 0. The van der Waals surface area contributed by atoms with Gasteiger partial charge >= 0.3 is 0 Å². The van der Waals surface area contributed by atoms with Crippen LogP contribution in [0.2, 0.25) is 0 Å². The minimum absolute atomic E-state index is 0.0928. The van der Waals surface area contributed by atoms with E-state index in [1.54, 1.807) is 19.0 Å². The Balaban J connectivity index is 4.01. The van der Waals surface area contributed by atoms with Crippen molar-refractivity contribution in [3.05, 3.63) is 0 Å². The number of amides is 1. The number of hydrogen-bond donors (Lipinski definition) is 1. The van der Waals surface area contributed by atoms with Crippen LogP contribution in [-0.4, -0.2) is 37.5 Å². The highest BCUT2D eigenvalue weighted by Gasteiger charge is 2.21. The highest BCUT2D eigenvalue weighted by molar-refractivity contribution is 5.80. The van der Waals surface area contributed by atoms with Gasteiger partial charge in [0.05, 0.1) is 6.04 Å². The van der Waals surface area contributed by atoms with E-state index in [0.717, 1.165) is 6.54 Å². The molecule has 0 radical (unpaired) electrons. The van der Waals surface area contributed by atoms with Crippen LogP contribution in [0.3, 0.4) is 0 Å². The zero-order valence-electron chi connectivity index (χ0n) is 11.2. The van der Waals surface area contributed by atoms with Gasteiger partial charge in [-0.2, -0.15) is 0 Å². The first-order valence-electron chi connectivity index (χ1n) is 5.60. The summed E-state index contributed by atoms with van der Waals surface area (Å²) >= 11 is 0. The summed E-state index contributed by atoms with van der Waals surface area (Å²) in [6.45, 7) is 11.7. The van der Waals surface area contributed by atoms with Gasteiger partial charge in [-0.05, 0) is 24.8 Å². The summed E-state index contributed by atoms with van der Waals surface area (Å²) in [6.07, 6.45) is 0. The van der Waals surface area contributed by atoms with Crippen molar-refractivity contribution in [1.82, 2.24) is 10.2 Å². The fraction of sp³-hybridized carbons (Fsp3) is 0.917. The van der Waals surface area contributed by atoms with Crippen LogP contribution in [0.5, 0.6) is 0 Å². The van der Waals surface area contributed by atoms with Gasteiger partial charge in [0, 0.05) is 14.1 Å². The van der Waals surface area contributed by atoms with Gasteiger partial charge in [0.1, 0.15) is 0 Å². The largest absolute Gasteiger partial charge is 0.347 e. The van der Waals surface area contributed by atoms with Gasteiger partial charge in [0.2, 0.25) is 5.91 Å². The quantitative estimate of drug-likeness (QED) is 0.773. The second-order valence-corrected chi connectivity index (χ2v) is 5.63. The number of nitrogens with zero attached hydrogens (tertiary/aromatic N) is 1. The molecule has 3 nitrogen and oxygen atoms in total. The van der Waals surface area contributed by atoms with Gasteiger partial charge in [0.25, 0.3) is 0 Å². The molecule has 15 heavy (non-hydrogen) atoms. The van der Waals surface area contributed by atoms with E-state index in [1.807, 2.05) is 6.92 Å². The molecular formula is C12H26N2O. The third kappa shape index (κ3) is 5.17. The van der Waals surface area contributed by atoms with E-state index in [4.69, 9.17) is 0 Å². The van der Waals surface area contributed by atoms with Crippen LogP contribution in [0.25, 0.3) is 0 Å². The Morgan fingerprint density at radius 3 is 2.07 bits per heavy atom. The van der Waals surface area contributed by atoms with Gasteiger partial charge in [0.15, 0.2) is 0 Å². The smallest absolute Gasteiger partial charge is 0.238 e. The summed E-state index contributed by atoms with van der Waals surface area (Å²) in [7, 11) is 3.57. The van der Waals surface area contributed by atoms with Crippen LogP contribution in [0.4, 0.5) is 0 Å². The molecular weight excluding hydrogens is 188 g/mol. The standard InChI is InChI=1S/C12H26N2O/c1-9(12(3,4)5)8-13-10(2)11(15)14(6)7/h9-10,13H,8H2,1-7H3. The maximum Gasteiger partial charge on any atom is 0.238 e. The Morgan fingerprint density at radius 1 is 1.27 bits per heavy atom. The molecule has 0 saturated heterocycles. The zero-order chi connectivity index (χ0) is 12.2. The molecule has 0 aromatic rings. The molecule has 0 aliphatic heterocycles. The summed E-state index contributed by atoms with van der Waals surface area (Å²) in [5.41, 5.74) is 0.286. The summed E-state index contributed by atoms with van der Waals surface area (Å²) in [4.78, 5) is 13.2. The molecule has 1 amide bonds. The summed E-state index contributed by atoms with van der Waals surface area (Å²) in [5.74, 6) is 0.686. The Hall–Kier alpha value is -0.570. The van der Waals surface area contributed by atoms with Crippen molar-refractivity contribution in [3.8, 4) is 0 Å². The maximum atomic E-state index is 11.6. The Morgan fingerprint density at radius 2 is 1.73 bits per heavy atom. The minimum Gasteiger partial charge on any atom is -0.347 e. The molecule has 0 fully saturated rings. The Kier molecular flexibility index (Phi) is 5.29. The lowest BCUT2D eigenvalue weighted by Crippen LogP contribution is -2.44.